The molecule has 0 bridgehead atoms. The standard InChI is InChI=1S/C16H16BrN3O4/c1-10-7-11(4-5-12(10)17)20-15(22)9-18-14(21)8-19-16(23)13-3-2-6-24-13/h2-7H,8-9H2,1H3,(H,18,21)(H,19,23)(H,20,22). The average molecular weight is 394 g/mol. The Morgan fingerprint density at radius 2 is 1.83 bits per heavy atom. The molecular formula is C16H16BrN3O4. The summed E-state index contributed by atoms with van der Waals surface area (Å²) in [4.78, 5) is 35.0. The van der Waals surface area contributed by atoms with Crippen molar-refractivity contribution < 1.29 is 18.8 Å². The first kappa shape index (κ1) is 17.7. The van der Waals surface area contributed by atoms with Gasteiger partial charge in [-0.05, 0) is 42.8 Å². The summed E-state index contributed by atoms with van der Waals surface area (Å²) in [7, 11) is 0. The van der Waals surface area contributed by atoms with Crippen LogP contribution < -0.4 is 16.0 Å². The summed E-state index contributed by atoms with van der Waals surface area (Å²) in [5.74, 6) is -1.21. The molecule has 0 saturated heterocycles. The molecule has 1 aromatic carbocycles. The molecule has 0 radical (unpaired) electrons. The minimum Gasteiger partial charge on any atom is -0.459 e. The van der Waals surface area contributed by atoms with Gasteiger partial charge in [-0.15, -0.1) is 0 Å². The Labute approximate surface area is 146 Å². The SMILES string of the molecule is Cc1cc(NC(=O)CNC(=O)CNC(=O)c2ccco2)ccc1Br. The number of anilines is 1. The van der Waals surface area contributed by atoms with Gasteiger partial charge in [0.1, 0.15) is 0 Å². The van der Waals surface area contributed by atoms with Crippen LogP contribution in [0.15, 0.2) is 45.5 Å². The van der Waals surface area contributed by atoms with E-state index < -0.39 is 11.8 Å². The van der Waals surface area contributed by atoms with Gasteiger partial charge >= 0.3 is 0 Å². The third-order valence-corrected chi connectivity index (χ3v) is 3.93. The van der Waals surface area contributed by atoms with E-state index in [1.807, 2.05) is 19.1 Å². The number of amides is 3. The lowest BCUT2D eigenvalue weighted by atomic mass is 10.2. The molecule has 0 saturated carbocycles. The molecule has 7 nitrogen and oxygen atoms in total. The maximum atomic E-state index is 11.8. The lowest BCUT2D eigenvalue weighted by Gasteiger charge is -2.08. The highest BCUT2D eigenvalue weighted by atomic mass is 79.9. The minimum absolute atomic E-state index is 0.117. The third-order valence-electron chi connectivity index (χ3n) is 3.04. The Balaban J connectivity index is 1.72. The van der Waals surface area contributed by atoms with Gasteiger partial charge in [-0.1, -0.05) is 15.9 Å². The van der Waals surface area contributed by atoms with Gasteiger partial charge in [-0.25, -0.2) is 0 Å². The highest BCUT2D eigenvalue weighted by Crippen LogP contribution is 2.19. The Bertz CT molecular complexity index is 744. The molecule has 0 atom stereocenters. The number of benzene rings is 1. The normalized spacial score (nSPS) is 10.1. The predicted octanol–water partition coefficient (Wildman–Crippen LogP) is 1.84. The van der Waals surface area contributed by atoms with E-state index in [1.165, 1.54) is 12.3 Å². The number of nitrogens with one attached hydrogen (secondary N) is 3. The van der Waals surface area contributed by atoms with Crippen molar-refractivity contribution >= 4 is 39.3 Å². The second-order valence-electron chi connectivity index (χ2n) is 4.95. The molecule has 0 aliphatic rings. The zero-order valence-corrected chi connectivity index (χ0v) is 14.5. The Morgan fingerprint density at radius 1 is 1.08 bits per heavy atom. The number of hydrogen-bond acceptors (Lipinski definition) is 4. The van der Waals surface area contributed by atoms with Crippen LogP contribution in [0, 0.1) is 6.92 Å². The molecule has 0 unspecified atom stereocenters. The highest BCUT2D eigenvalue weighted by molar-refractivity contribution is 9.10. The van der Waals surface area contributed by atoms with Crippen molar-refractivity contribution in [2.75, 3.05) is 18.4 Å². The molecule has 0 fully saturated rings. The van der Waals surface area contributed by atoms with Gasteiger partial charge < -0.3 is 20.4 Å². The lowest BCUT2D eigenvalue weighted by Crippen LogP contribution is -2.40. The number of aryl methyl sites for hydroxylation is 1. The van der Waals surface area contributed by atoms with Gasteiger partial charge in [-0.2, -0.15) is 0 Å². The summed E-state index contributed by atoms with van der Waals surface area (Å²) in [6, 6.07) is 8.45. The van der Waals surface area contributed by atoms with Crippen molar-refractivity contribution in [2.45, 2.75) is 6.92 Å². The summed E-state index contributed by atoms with van der Waals surface area (Å²) in [6.45, 7) is 1.47. The first-order valence-electron chi connectivity index (χ1n) is 7.10. The van der Waals surface area contributed by atoms with Crippen molar-refractivity contribution in [3.63, 3.8) is 0 Å². The van der Waals surface area contributed by atoms with E-state index in [0.717, 1.165) is 10.0 Å². The molecular weight excluding hydrogens is 378 g/mol. The smallest absolute Gasteiger partial charge is 0.287 e. The largest absolute Gasteiger partial charge is 0.459 e. The molecule has 0 spiro atoms. The van der Waals surface area contributed by atoms with E-state index in [-0.39, 0.29) is 24.8 Å². The minimum atomic E-state index is -0.495. The van der Waals surface area contributed by atoms with Crippen molar-refractivity contribution in [2.24, 2.45) is 0 Å². The third kappa shape index (κ3) is 5.24. The second-order valence-corrected chi connectivity index (χ2v) is 5.80. The lowest BCUT2D eigenvalue weighted by molar-refractivity contribution is -0.123. The van der Waals surface area contributed by atoms with Crippen LogP contribution in [0.3, 0.4) is 0 Å². The first-order valence-corrected chi connectivity index (χ1v) is 7.89. The van der Waals surface area contributed by atoms with Gasteiger partial charge in [-0.3, -0.25) is 14.4 Å². The van der Waals surface area contributed by atoms with E-state index in [1.54, 1.807) is 12.1 Å². The highest BCUT2D eigenvalue weighted by Gasteiger charge is 2.11. The first-order chi connectivity index (χ1) is 11.5. The fraction of sp³-hybridized carbons (Fsp3) is 0.188. The fourth-order valence-electron chi connectivity index (χ4n) is 1.82. The van der Waals surface area contributed by atoms with E-state index in [0.29, 0.717) is 5.69 Å². The summed E-state index contributed by atoms with van der Waals surface area (Å²) in [6.07, 6.45) is 1.36. The summed E-state index contributed by atoms with van der Waals surface area (Å²) in [5.41, 5.74) is 1.62. The van der Waals surface area contributed by atoms with Crippen LogP contribution in [-0.2, 0) is 9.59 Å². The van der Waals surface area contributed by atoms with E-state index in [9.17, 15) is 14.4 Å². The van der Waals surface area contributed by atoms with Crippen molar-refractivity contribution in [3.05, 3.63) is 52.4 Å². The van der Waals surface area contributed by atoms with Crippen molar-refractivity contribution in [1.82, 2.24) is 10.6 Å². The Hall–Kier alpha value is -2.61. The number of hydrogen-bond donors (Lipinski definition) is 3. The molecule has 24 heavy (non-hydrogen) atoms. The maximum absolute atomic E-state index is 11.8. The van der Waals surface area contributed by atoms with Gasteiger partial charge in [0.15, 0.2) is 5.76 Å². The molecule has 126 valence electrons. The van der Waals surface area contributed by atoms with Crippen LogP contribution in [0.25, 0.3) is 0 Å². The predicted molar refractivity (Wildman–Crippen MR) is 91.6 cm³/mol. The van der Waals surface area contributed by atoms with Crippen LogP contribution in [0.2, 0.25) is 0 Å². The summed E-state index contributed by atoms with van der Waals surface area (Å²) >= 11 is 3.38. The topological polar surface area (TPSA) is 100 Å². The van der Waals surface area contributed by atoms with Crippen LogP contribution in [0.4, 0.5) is 5.69 Å². The van der Waals surface area contributed by atoms with Crippen LogP contribution in [0.5, 0.6) is 0 Å². The number of carbonyl (C=O) groups excluding carboxylic acids is 3. The number of rotatable bonds is 6. The van der Waals surface area contributed by atoms with Crippen molar-refractivity contribution in [3.8, 4) is 0 Å². The molecule has 1 heterocycles. The second kappa shape index (κ2) is 8.30. The fourth-order valence-corrected chi connectivity index (χ4v) is 2.07. The quantitative estimate of drug-likeness (QED) is 0.696. The van der Waals surface area contributed by atoms with E-state index in [2.05, 4.69) is 31.9 Å². The molecule has 2 aromatic rings. The van der Waals surface area contributed by atoms with Crippen LogP contribution >= 0.6 is 15.9 Å². The van der Waals surface area contributed by atoms with Gasteiger partial charge in [0.2, 0.25) is 11.8 Å². The molecule has 2 rings (SSSR count). The molecule has 1 aromatic heterocycles. The van der Waals surface area contributed by atoms with Crippen LogP contribution in [-0.4, -0.2) is 30.8 Å². The van der Waals surface area contributed by atoms with E-state index in [4.69, 9.17) is 4.42 Å². The molecule has 0 aliphatic heterocycles. The molecule has 3 amide bonds. The zero-order valence-electron chi connectivity index (χ0n) is 12.9. The zero-order chi connectivity index (χ0) is 17.5. The van der Waals surface area contributed by atoms with Gasteiger partial charge in [0.25, 0.3) is 5.91 Å². The van der Waals surface area contributed by atoms with Gasteiger partial charge in [0, 0.05) is 10.2 Å². The average Bonchev–Trinajstić information content (AvgIpc) is 3.08. The van der Waals surface area contributed by atoms with Crippen LogP contribution in [0.1, 0.15) is 16.1 Å². The molecule has 0 aliphatic carbocycles. The summed E-state index contributed by atoms with van der Waals surface area (Å²) < 4.78 is 5.84. The van der Waals surface area contributed by atoms with E-state index >= 15 is 0 Å². The maximum Gasteiger partial charge on any atom is 0.287 e. The molecule has 8 heteroatoms. The monoisotopic (exact) mass is 393 g/mol. The van der Waals surface area contributed by atoms with Crippen molar-refractivity contribution in [1.29, 1.82) is 0 Å². The Kier molecular flexibility index (Phi) is 6.14. The summed E-state index contributed by atoms with van der Waals surface area (Å²) in [5, 5.41) is 7.49. The molecule has 3 N–H and O–H groups in total. The Morgan fingerprint density at radius 3 is 2.50 bits per heavy atom. The number of furan rings is 1. The number of halogens is 1. The number of carbonyl (C=O) groups is 3. The van der Waals surface area contributed by atoms with Gasteiger partial charge in [0.05, 0.1) is 19.4 Å².